The maximum absolute atomic E-state index is 12.5. The van der Waals surface area contributed by atoms with Crippen molar-refractivity contribution < 1.29 is 18.0 Å². The van der Waals surface area contributed by atoms with E-state index in [-0.39, 0.29) is 41.2 Å². The molecule has 3 atom stereocenters. The number of rotatable bonds is 3. The molecule has 2 heterocycles. The van der Waals surface area contributed by atoms with Crippen molar-refractivity contribution in [1.29, 1.82) is 0 Å². The fourth-order valence-electron chi connectivity index (χ4n) is 3.79. The average Bonchev–Trinajstić information content (AvgIpc) is 3.27. The maximum Gasteiger partial charge on any atom is 0.226 e. The quantitative estimate of drug-likeness (QED) is 0.755. The van der Waals surface area contributed by atoms with Crippen molar-refractivity contribution in [3.05, 3.63) is 0 Å². The van der Waals surface area contributed by atoms with Gasteiger partial charge in [0.2, 0.25) is 11.8 Å². The Bertz CT molecular complexity index is 581. The minimum absolute atomic E-state index is 0.0553. The lowest BCUT2D eigenvalue weighted by Gasteiger charge is -2.24. The van der Waals surface area contributed by atoms with Gasteiger partial charge >= 0.3 is 0 Å². The highest BCUT2D eigenvalue weighted by Gasteiger charge is 2.51. The van der Waals surface area contributed by atoms with Gasteiger partial charge < -0.3 is 9.80 Å². The molecule has 0 radical (unpaired) electrons. The number of carbonyl (C=O) groups excluding carboxylic acids is 2. The average molecular weight is 342 g/mol. The van der Waals surface area contributed by atoms with Gasteiger partial charge in [-0.2, -0.15) is 0 Å². The first kappa shape index (κ1) is 16.7. The van der Waals surface area contributed by atoms with Gasteiger partial charge in [0.1, 0.15) is 0 Å². The Morgan fingerprint density at radius 3 is 2.26 bits per heavy atom. The van der Waals surface area contributed by atoms with E-state index in [0.717, 1.165) is 25.9 Å². The summed E-state index contributed by atoms with van der Waals surface area (Å²) in [4.78, 5) is 28.6. The van der Waals surface area contributed by atoms with Gasteiger partial charge in [-0.3, -0.25) is 9.59 Å². The van der Waals surface area contributed by atoms with E-state index in [4.69, 9.17) is 0 Å². The van der Waals surface area contributed by atoms with Gasteiger partial charge in [-0.15, -0.1) is 0 Å². The second kappa shape index (κ2) is 6.42. The van der Waals surface area contributed by atoms with Crippen molar-refractivity contribution in [2.45, 2.75) is 44.6 Å². The first-order valence-electron chi connectivity index (χ1n) is 8.65. The van der Waals surface area contributed by atoms with Crippen LogP contribution in [0.1, 0.15) is 38.5 Å². The highest BCUT2D eigenvalue weighted by atomic mass is 32.2. The predicted octanol–water partition coefficient (Wildman–Crippen LogP) is 0.671. The Morgan fingerprint density at radius 2 is 1.70 bits per heavy atom. The van der Waals surface area contributed by atoms with Crippen molar-refractivity contribution in [3.8, 4) is 0 Å². The van der Waals surface area contributed by atoms with Crippen LogP contribution in [0.25, 0.3) is 0 Å². The second-order valence-corrected chi connectivity index (χ2v) is 9.42. The van der Waals surface area contributed by atoms with Crippen LogP contribution in [0, 0.1) is 11.8 Å². The van der Waals surface area contributed by atoms with Gasteiger partial charge in [0.05, 0.1) is 23.3 Å². The third kappa shape index (κ3) is 3.70. The minimum atomic E-state index is -3.00. The van der Waals surface area contributed by atoms with E-state index < -0.39 is 9.84 Å². The molecule has 2 saturated heterocycles. The molecule has 130 valence electrons. The molecule has 3 aliphatic rings. The summed E-state index contributed by atoms with van der Waals surface area (Å²) in [6, 6.07) is -0.220. The van der Waals surface area contributed by atoms with E-state index >= 15 is 0 Å². The van der Waals surface area contributed by atoms with E-state index in [1.807, 2.05) is 4.90 Å². The molecule has 3 unspecified atom stereocenters. The fourth-order valence-corrected chi connectivity index (χ4v) is 5.56. The molecule has 7 heteroatoms. The first-order chi connectivity index (χ1) is 10.9. The molecule has 3 fully saturated rings. The van der Waals surface area contributed by atoms with Crippen LogP contribution in [0.15, 0.2) is 0 Å². The zero-order chi connectivity index (χ0) is 16.6. The summed E-state index contributed by atoms with van der Waals surface area (Å²) in [7, 11) is -1.32. The highest BCUT2D eigenvalue weighted by Crippen LogP contribution is 2.42. The zero-order valence-electron chi connectivity index (χ0n) is 13.7. The molecular formula is C16H26N2O4S. The smallest absolute Gasteiger partial charge is 0.226 e. The first-order valence-corrected chi connectivity index (χ1v) is 10.5. The zero-order valence-corrected chi connectivity index (χ0v) is 14.6. The summed E-state index contributed by atoms with van der Waals surface area (Å²) in [6.45, 7) is 1.62. The van der Waals surface area contributed by atoms with Crippen molar-refractivity contribution in [3.63, 3.8) is 0 Å². The van der Waals surface area contributed by atoms with Gasteiger partial charge in [0, 0.05) is 26.2 Å². The number of amides is 2. The number of hydrogen-bond donors (Lipinski definition) is 0. The number of carbonyl (C=O) groups is 2. The van der Waals surface area contributed by atoms with Crippen molar-refractivity contribution in [1.82, 2.24) is 9.80 Å². The topological polar surface area (TPSA) is 74.8 Å². The Morgan fingerprint density at radius 1 is 1.04 bits per heavy atom. The maximum atomic E-state index is 12.5. The standard InChI is InChI=1S/C16H26N2O4S/c1-17(12-6-9-23(21,22)11-12)15(19)13-10-14(13)16(20)18-7-4-2-3-5-8-18/h12-14H,2-11H2,1H3. The van der Waals surface area contributed by atoms with Crippen LogP contribution in [0.5, 0.6) is 0 Å². The van der Waals surface area contributed by atoms with Crippen molar-refractivity contribution in [2.24, 2.45) is 11.8 Å². The molecule has 23 heavy (non-hydrogen) atoms. The largest absolute Gasteiger partial charge is 0.342 e. The minimum Gasteiger partial charge on any atom is -0.342 e. The Kier molecular flexibility index (Phi) is 4.67. The second-order valence-electron chi connectivity index (χ2n) is 7.19. The molecular weight excluding hydrogens is 316 g/mol. The Balaban J connectivity index is 1.55. The molecule has 0 bridgehead atoms. The third-order valence-corrected chi connectivity index (χ3v) is 7.20. The monoisotopic (exact) mass is 342 g/mol. The van der Waals surface area contributed by atoms with Crippen molar-refractivity contribution in [2.75, 3.05) is 31.6 Å². The SMILES string of the molecule is CN(C(=O)C1CC1C(=O)N1CCCCCC1)C1CCS(=O)(=O)C1. The molecule has 1 aliphatic carbocycles. The van der Waals surface area contributed by atoms with Gasteiger partial charge in [0.25, 0.3) is 0 Å². The summed E-state index contributed by atoms with van der Waals surface area (Å²) in [5.74, 6) is -0.124. The molecule has 3 rings (SSSR count). The summed E-state index contributed by atoms with van der Waals surface area (Å²) in [5, 5.41) is 0. The fraction of sp³-hybridized carbons (Fsp3) is 0.875. The molecule has 2 amide bonds. The third-order valence-electron chi connectivity index (χ3n) is 5.45. The van der Waals surface area contributed by atoms with Gasteiger partial charge in [-0.05, 0) is 25.7 Å². The van der Waals surface area contributed by atoms with Gasteiger partial charge in [-0.1, -0.05) is 12.8 Å². The molecule has 0 aromatic heterocycles. The van der Waals surface area contributed by atoms with Crippen LogP contribution >= 0.6 is 0 Å². The van der Waals surface area contributed by atoms with E-state index in [1.165, 1.54) is 12.8 Å². The number of likely N-dealkylation sites (tertiary alicyclic amines) is 1. The predicted molar refractivity (Wildman–Crippen MR) is 86.5 cm³/mol. The lowest BCUT2D eigenvalue weighted by molar-refractivity contribution is -0.138. The van der Waals surface area contributed by atoms with E-state index in [9.17, 15) is 18.0 Å². The number of hydrogen-bond acceptors (Lipinski definition) is 4. The Labute approximate surface area is 138 Å². The molecule has 1 saturated carbocycles. The van der Waals surface area contributed by atoms with Crippen molar-refractivity contribution >= 4 is 21.7 Å². The van der Waals surface area contributed by atoms with Crippen LogP contribution in [0.3, 0.4) is 0 Å². The van der Waals surface area contributed by atoms with Crippen LogP contribution in [0.2, 0.25) is 0 Å². The molecule has 0 aromatic rings. The summed E-state index contributed by atoms with van der Waals surface area (Å²) in [6.07, 6.45) is 5.60. The van der Waals surface area contributed by atoms with Crippen LogP contribution in [0.4, 0.5) is 0 Å². The molecule has 0 N–H and O–H groups in total. The van der Waals surface area contributed by atoms with Gasteiger partial charge in [0.15, 0.2) is 9.84 Å². The van der Waals surface area contributed by atoms with Gasteiger partial charge in [-0.25, -0.2) is 8.42 Å². The normalized spacial score (nSPS) is 33.1. The molecule has 0 spiro atoms. The molecule has 0 aromatic carbocycles. The number of sulfone groups is 1. The van der Waals surface area contributed by atoms with E-state index in [2.05, 4.69) is 0 Å². The van der Waals surface area contributed by atoms with E-state index in [1.54, 1.807) is 11.9 Å². The summed E-state index contributed by atoms with van der Waals surface area (Å²) in [5.41, 5.74) is 0. The van der Waals surface area contributed by atoms with Crippen LogP contribution in [-0.2, 0) is 19.4 Å². The van der Waals surface area contributed by atoms with Crippen LogP contribution < -0.4 is 0 Å². The molecule has 6 nitrogen and oxygen atoms in total. The number of nitrogens with zero attached hydrogens (tertiary/aromatic N) is 2. The van der Waals surface area contributed by atoms with Crippen LogP contribution in [-0.4, -0.2) is 67.7 Å². The highest BCUT2D eigenvalue weighted by molar-refractivity contribution is 7.91. The lowest BCUT2D eigenvalue weighted by atomic mass is 10.2. The Hall–Kier alpha value is -1.11. The molecule has 2 aliphatic heterocycles. The van der Waals surface area contributed by atoms with E-state index in [0.29, 0.717) is 12.8 Å². The lowest BCUT2D eigenvalue weighted by Crippen LogP contribution is -2.40. The summed E-state index contributed by atoms with van der Waals surface area (Å²) < 4.78 is 23.1. The summed E-state index contributed by atoms with van der Waals surface area (Å²) >= 11 is 0.